The highest BCUT2D eigenvalue weighted by Gasteiger charge is 2.31. The topological polar surface area (TPSA) is 91.8 Å². The Kier molecular flexibility index (Phi) is 4.88. The molecule has 2 N–H and O–H groups in total. The van der Waals surface area contributed by atoms with Gasteiger partial charge >= 0.3 is 0 Å². The average Bonchev–Trinajstić information content (AvgIpc) is 2.94. The Bertz CT molecular complexity index is 875. The molecule has 0 bridgehead atoms. The number of carbonyl (C=O) groups is 2. The van der Waals surface area contributed by atoms with Crippen LogP contribution in [0.25, 0.3) is 11.1 Å². The fourth-order valence-electron chi connectivity index (χ4n) is 2.69. The van der Waals surface area contributed by atoms with Crippen LogP contribution in [0.2, 0.25) is 0 Å². The molecule has 0 saturated heterocycles. The second-order valence-electron chi connectivity index (χ2n) is 5.96. The number of aromatic nitrogens is 1. The van der Waals surface area contributed by atoms with Crippen LogP contribution in [0.4, 0.5) is 0 Å². The molecule has 1 aliphatic heterocycles. The third kappa shape index (κ3) is 3.51. The summed E-state index contributed by atoms with van der Waals surface area (Å²) in [5.74, 6) is -0.926. The van der Waals surface area contributed by atoms with Crippen LogP contribution in [0.15, 0.2) is 53.9 Å². The van der Waals surface area contributed by atoms with E-state index in [1.807, 2.05) is 30.3 Å². The Labute approximate surface area is 150 Å². The van der Waals surface area contributed by atoms with Crippen molar-refractivity contribution >= 4 is 11.8 Å². The highest BCUT2D eigenvalue weighted by Crippen LogP contribution is 2.21. The molecular formula is C19H19N3O4. The monoisotopic (exact) mass is 353 g/mol. The second-order valence-corrected chi connectivity index (χ2v) is 5.96. The van der Waals surface area contributed by atoms with Gasteiger partial charge in [0.25, 0.3) is 11.8 Å². The number of amides is 2. The first-order chi connectivity index (χ1) is 12.5. The molecule has 2 amide bonds. The van der Waals surface area contributed by atoms with E-state index in [2.05, 4.69) is 10.3 Å². The number of aliphatic hydroxyl groups is 1. The molecule has 2 aromatic rings. The standard InChI is InChI=1S/C19H19N3O4/c1-22-11-15(17(23)19(22)25)18(24)21-9-12-4-3-5-13(8-12)14-6-7-16(26-2)20-10-14/h3-8,10,23H,9,11H2,1-2H3,(H,21,24). The van der Waals surface area contributed by atoms with Gasteiger partial charge in [-0.1, -0.05) is 18.2 Å². The lowest BCUT2D eigenvalue weighted by Gasteiger charge is -2.09. The van der Waals surface area contributed by atoms with E-state index in [4.69, 9.17) is 4.74 Å². The lowest BCUT2D eigenvalue weighted by molar-refractivity contribution is -0.126. The molecule has 0 aliphatic carbocycles. The van der Waals surface area contributed by atoms with Crippen molar-refractivity contribution in [2.45, 2.75) is 6.54 Å². The summed E-state index contributed by atoms with van der Waals surface area (Å²) in [5, 5.41) is 12.5. The highest BCUT2D eigenvalue weighted by molar-refractivity contribution is 6.06. The van der Waals surface area contributed by atoms with Crippen molar-refractivity contribution in [3.63, 3.8) is 0 Å². The Morgan fingerprint density at radius 1 is 1.31 bits per heavy atom. The largest absolute Gasteiger partial charge is 0.503 e. The predicted molar refractivity (Wildman–Crippen MR) is 95.4 cm³/mol. The fraction of sp³-hybridized carbons (Fsp3) is 0.211. The molecule has 0 saturated carbocycles. The lowest BCUT2D eigenvalue weighted by Crippen LogP contribution is -2.27. The van der Waals surface area contributed by atoms with Gasteiger partial charge in [0.2, 0.25) is 5.88 Å². The van der Waals surface area contributed by atoms with Gasteiger partial charge in [-0.05, 0) is 23.3 Å². The van der Waals surface area contributed by atoms with Crippen molar-refractivity contribution in [1.82, 2.24) is 15.2 Å². The SMILES string of the molecule is COc1ccc(-c2cccc(CNC(=O)C3=C(O)C(=O)N(C)C3)c2)cn1. The van der Waals surface area contributed by atoms with Crippen LogP contribution in [-0.4, -0.2) is 47.5 Å². The Hall–Kier alpha value is -3.35. The number of pyridine rings is 1. The first-order valence-corrected chi connectivity index (χ1v) is 8.04. The number of hydrogen-bond donors (Lipinski definition) is 2. The molecule has 0 unspecified atom stereocenters. The number of likely N-dealkylation sites (N-methyl/N-ethyl adjacent to an activating group) is 1. The van der Waals surface area contributed by atoms with Crippen LogP contribution in [0.3, 0.4) is 0 Å². The predicted octanol–water partition coefficient (Wildman–Crippen LogP) is 1.66. The summed E-state index contributed by atoms with van der Waals surface area (Å²) in [4.78, 5) is 29.3. The van der Waals surface area contributed by atoms with Crippen molar-refractivity contribution in [3.8, 4) is 17.0 Å². The maximum atomic E-state index is 12.2. The molecule has 7 nitrogen and oxygen atoms in total. The van der Waals surface area contributed by atoms with E-state index in [0.717, 1.165) is 16.7 Å². The summed E-state index contributed by atoms with van der Waals surface area (Å²) >= 11 is 0. The second kappa shape index (κ2) is 7.26. The van der Waals surface area contributed by atoms with E-state index in [0.29, 0.717) is 5.88 Å². The molecule has 0 atom stereocenters. The summed E-state index contributed by atoms with van der Waals surface area (Å²) in [5.41, 5.74) is 2.88. The van der Waals surface area contributed by atoms with E-state index < -0.39 is 17.6 Å². The molecule has 2 heterocycles. The zero-order valence-corrected chi connectivity index (χ0v) is 14.5. The van der Waals surface area contributed by atoms with Crippen molar-refractivity contribution in [2.75, 3.05) is 20.7 Å². The fourth-order valence-corrected chi connectivity index (χ4v) is 2.69. The molecule has 3 rings (SSSR count). The van der Waals surface area contributed by atoms with Crippen LogP contribution in [0.5, 0.6) is 5.88 Å². The maximum Gasteiger partial charge on any atom is 0.289 e. The number of aliphatic hydroxyl groups excluding tert-OH is 1. The van der Waals surface area contributed by atoms with Gasteiger partial charge < -0.3 is 20.1 Å². The number of ether oxygens (including phenoxy) is 1. The number of nitrogens with zero attached hydrogens (tertiary/aromatic N) is 2. The minimum Gasteiger partial charge on any atom is -0.503 e. The van der Waals surface area contributed by atoms with Gasteiger partial charge in [0.15, 0.2) is 5.76 Å². The number of methoxy groups -OCH3 is 1. The Morgan fingerprint density at radius 2 is 2.12 bits per heavy atom. The molecule has 1 aromatic carbocycles. The van der Waals surface area contributed by atoms with Gasteiger partial charge in [0.1, 0.15) is 0 Å². The van der Waals surface area contributed by atoms with Gasteiger partial charge in [0.05, 0.1) is 19.2 Å². The molecular weight excluding hydrogens is 334 g/mol. The highest BCUT2D eigenvalue weighted by atomic mass is 16.5. The molecule has 0 fully saturated rings. The van der Waals surface area contributed by atoms with E-state index >= 15 is 0 Å². The van der Waals surface area contributed by atoms with Crippen LogP contribution in [0, 0.1) is 0 Å². The molecule has 134 valence electrons. The summed E-state index contributed by atoms with van der Waals surface area (Å²) in [7, 11) is 3.10. The van der Waals surface area contributed by atoms with Crippen LogP contribution in [-0.2, 0) is 16.1 Å². The first-order valence-electron chi connectivity index (χ1n) is 8.04. The minimum absolute atomic E-state index is 0.0907. The van der Waals surface area contributed by atoms with Crippen LogP contribution >= 0.6 is 0 Å². The molecule has 26 heavy (non-hydrogen) atoms. The first kappa shape index (κ1) is 17.5. The third-order valence-electron chi connectivity index (χ3n) is 4.16. The van der Waals surface area contributed by atoms with Crippen molar-refractivity contribution in [3.05, 3.63) is 59.5 Å². The van der Waals surface area contributed by atoms with E-state index in [9.17, 15) is 14.7 Å². The molecule has 1 aliphatic rings. The van der Waals surface area contributed by atoms with E-state index in [1.54, 1.807) is 19.4 Å². The van der Waals surface area contributed by atoms with E-state index in [-0.39, 0.29) is 18.7 Å². The van der Waals surface area contributed by atoms with Gasteiger partial charge in [0, 0.05) is 31.4 Å². The third-order valence-corrected chi connectivity index (χ3v) is 4.16. The average molecular weight is 353 g/mol. The molecule has 0 spiro atoms. The lowest BCUT2D eigenvalue weighted by atomic mass is 10.0. The van der Waals surface area contributed by atoms with Gasteiger partial charge in [-0.3, -0.25) is 9.59 Å². The van der Waals surface area contributed by atoms with Crippen LogP contribution < -0.4 is 10.1 Å². The Morgan fingerprint density at radius 3 is 2.73 bits per heavy atom. The maximum absolute atomic E-state index is 12.2. The van der Waals surface area contributed by atoms with Crippen molar-refractivity contribution in [2.24, 2.45) is 0 Å². The van der Waals surface area contributed by atoms with Gasteiger partial charge in [-0.15, -0.1) is 0 Å². The number of rotatable bonds is 5. The van der Waals surface area contributed by atoms with Gasteiger partial charge in [-0.25, -0.2) is 4.98 Å². The summed E-state index contributed by atoms with van der Waals surface area (Å²) in [6.45, 7) is 0.388. The number of carbonyl (C=O) groups excluding carboxylic acids is 2. The van der Waals surface area contributed by atoms with Crippen molar-refractivity contribution in [1.29, 1.82) is 0 Å². The number of nitrogens with one attached hydrogen (secondary N) is 1. The summed E-state index contributed by atoms with van der Waals surface area (Å²) in [6.07, 6.45) is 1.72. The summed E-state index contributed by atoms with van der Waals surface area (Å²) < 4.78 is 5.06. The van der Waals surface area contributed by atoms with Gasteiger partial charge in [-0.2, -0.15) is 0 Å². The molecule has 7 heteroatoms. The Balaban J connectivity index is 1.69. The number of hydrogen-bond acceptors (Lipinski definition) is 5. The summed E-state index contributed by atoms with van der Waals surface area (Å²) in [6, 6.07) is 11.4. The smallest absolute Gasteiger partial charge is 0.289 e. The quantitative estimate of drug-likeness (QED) is 0.853. The normalized spacial score (nSPS) is 13.9. The zero-order chi connectivity index (χ0) is 18.7. The molecule has 1 aromatic heterocycles. The zero-order valence-electron chi connectivity index (χ0n) is 14.5. The van der Waals surface area contributed by atoms with E-state index in [1.165, 1.54) is 11.9 Å². The number of benzene rings is 1. The van der Waals surface area contributed by atoms with Crippen LogP contribution in [0.1, 0.15) is 5.56 Å². The van der Waals surface area contributed by atoms with Crippen molar-refractivity contribution < 1.29 is 19.4 Å². The molecule has 0 radical (unpaired) electrons. The minimum atomic E-state index is -0.538.